The minimum atomic E-state index is -3.74. The van der Waals surface area contributed by atoms with Crippen LogP contribution in [-0.4, -0.2) is 38.6 Å². The molecule has 1 aliphatic rings. The lowest BCUT2D eigenvalue weighted by molar-refractivity contribution is -0.141. The first-order valence-electron chi connectivity index (χ1n) is 13.5. The van der Waals surface area contributed by atoms with Crippen molar-refractivity contribution in [2.75, 3.05) is 5.73 Å². The topological polar surface area (TPSA) is 107 Å². The molecule has 1 aliphatic heterocycles. The molecular weight excluding hydrogens is 468 g/mol. The summed E-state index contributed by atoms with van der Waals surface area (Å²) in [6.45, 7) is 2.23. The number of nitrogens with two attached hydrogens (primary N) is 1. The lowest BCUT2D eigenvalue weighted by Crippen LogP contribution is -2.41. The van der Waals surface area contributed by atoms with Crippen LogP contribution in [-0.2, 0) is 9.53 Å². The molecule has 0 saturated carbocycles. The average molecular weight is 512 g/mol. The molecule has 0 bridgehead atoms. The first-order valence-corrected chi connectivity index (χ1v) is 13.5. The Hall–Kier alpha value is -2.13. The quantitative estimate of drug-likeness (QED) is 0.193. The van der Waals surface area contributed by atoms with Crippen LogP contribution in [0.5, 0.6) is 0 Å². The number of anilines is 1. The molecule has 2 rings (SSSR count). The molecule has 7 nitrogen and oxygen atoms in total. The minimum Gasteiger partial charge on any atom is -0.384 e. The number of unbranched alkanes of at least 4 members (excludes halogenated alkanes) is 11. The SMILES string of the molecule is CCCCCCCC/C=C/CCCCCCCC(=O)C[C@H]1O[C@@H](n2ccc(N)nc2=O)C(F)(F)[C@@H]1O. The standard InChI is InChI=1S/C27H43F2N3O4/c1-2-3-4-5-6-7-8-9-10-11-12-13-14-15-16-17-21(33)20-22-24(34)27(28,29)25(36-22)32-19-18-23(30)31-26(32)35/h9-10,18-19,22,24-25,34H,2-8,11-17,20H2,1H3,(H2,30,31,35)/b10-9+/t22-,24-,25-/m1/s1. The minimum absolute atomic E-state index is 0.107. The van der Waals surface area contributed by atoms with E-state index in [1.165, 1.54) is 44.6 Å². The van der Waals surface area contributed by atoms with E-state index in [2.05, 4.69) is 24.1 Å². The van der Waals surface area contributed by atoms with Gasteiger partial charge in [0.25, 0.3) is 0 Å². The van der Waals surface area contributed by atoms with Gasteiger partial charge in [0.1, 0.15) is 17.7 Å². The van der Waals surface area contributed by atoms with Gasteiger partial charge < -0.3 is 15.6 Å². The monoisotopic (exact) mass is 511 g/mol. The fourth-order valence-corrected chi connectivity index (χ4v) is 4.46. The summed E-state index contributed by atoms with van der Waals surface area (Å²) in [6.07, 6.45) is 14.9. The van der Waals surface area contributed by atoms with Crippen molar-refractivity contribution in [3.63, 3.8) is 0 Å². The van der Waals surface area contributed by atoms with Crippen molar-refractivity contribution < 1.29 is 23.4 Å². The molecule has 3 atom stereocenters. The third kappa shape index (κ3) is 9.73. The summed E-state index contributed by atoms with van der Waals surface area (Å²) in [5.74, 6) is -4.09. The summed E-state index contributed by atoms with van der Waals surface area (Å²) in [4.78, 5) is 27.6. The predicted molar refractivity (Wildman–Crippen MR) is 137 cm³/mol. The Morgan fingerprint density at radius 2 is 1.67 bits per heavy atom. The van der Waals surface area contributed by atoms with Crippen LogP contribution in [0.4, 0.5) is 14.6 Å². The van der Waals surface area contributed by atoms with Crippen molar-refractivity contribution in [2.45, 2.75) is 128 Å². The highest BCUT2D eigenvalue weighted by molar-refractivity contribution is 5.79. The van der Waals surface area contributed by atoms with E-state index in [1.807, 2.05) is 0 Å². The Bertz CT molecular complexity index is 875. The molecule has 204 valence electrons. The number of Topliss-reactive ketones (excluding diaryl/α,β-unsaturated/α-hetero) is 1. The normalized spacial score (nSPS) is 21.4. The van der Waals surface area contributed by atoms with E-state index >= 15 is 0 Å². The Kier molecular flexibility index (Phi) is 13.3. The molecule has 36 heavy (non-hydrogen) atoms. The van der Waals surface area contributed by atoms with Crippen LogP contribution in [0.25, 0.3) is 0 Å². The molecule has 3 N–H and O–H groups in total. The molecule has 0 radical (unpaired) electrons. The zero-order valence-corrected chi connectivity index (χ0v) is 21.5. The van der Waals surface area contributed by atoms with Crippen molar-refractivity contribution in [3.05, 3.63) is 34.9 Å². The number of aromatic nitrogens is 2. The zero-order valence-electron chi connectivity index (χ0n) is 21.5. The summed E-state index contributed by atoms with van der Waals surface area (Å²) in [5.41, 5.74) is 4.39. The highest BCUT2D eigenvalue weighted by Gasteiger charge is 2.59. The van der Waals surface area contributed by atoms with Crippen LogP contribution in [0.15, 0.2) is 29.2 Å². The van der Waals surface area contributed by atoms with E-state index in [-0.39, 0.29) is 24.4 Å². The highest BCUT2D eigenvalue weighted by Crippen LogP contribution is 2.43. The van der Waals surface area contributed by atoms with Crippen molar-refractivity contribution in [1.29, 1.82) is 0 Å². The number of hydrogen-bond acceptors (Lipinski definition) is 6. The maximum atomic E-state index is 14.6. The fraction of sp³-hybridized carbons (Fsp3) is 0.741. The molecule has 0 unspecified atom stereocenters. The Morgan fingerprint density at radius 3 is 2.28 bits per heavy atom. The zero-order chi connectivity index (χ0) is 26.4. The number of hydrogen-bond donors (Lipinski definition) is 2. The number of ether oxygens (including phenoxy) is 1. The molecule has 1 aromatic rings. The molecule has 0 aliphatic carbocycles. The number of carbonyl (C=O) groups excluding carboxylic acids is 1. The van der Waals surface area contributed by atoms with Crippen molar-refractivity contribution in [1.82, 2.24) is 9.55 Å². The maximum absolute atomic E-state index is 14.6. The summed E-state index contributed by atoms with van der Waals surface area (Å²) in [6, 6.07) is 1.19. The third-order valence-corrected chi connectivity index (χ3v) is 6.63. The second kappa shape index (κ2) is 15.9. The number of rotatable bonds is 18. The second-order valence-electron chi connectivity index (χ2n) is 9.77. The van der Waals surface area contributed by atoms with E-state index < -0.39 is 30.0 Å². The number of halogens is 2. The summed E-state index contributed by atoms with van der Waals surface area (Å²) < 4.78 is 35.0. The first kappa shape index (κ1) is 30.1. The lowest BCUT2D eigenvalue weighted by Gasteiger charge is -2.20. The van der Waals surface area contributed by atoms with Gasteiger partial charge in [-0.3, -0.25) is 9.36 Å². The first-order chi connectivity index (χ1) is 17.3. The van der Waals surface area contributed by atoms with Gasteiger partial charge in [0.2, 0.25) is 6.23 Å². The smallest absolute Gasteiger partial charge is 0.351 e. The molecule has 0 amide bonds. The molecule has 1 fully saturated rings. The van der Waals surface area contributed by atoms with E-state index in [0.29, 0.717) is 11.0 Å². The Balaban J connectivity index is 1.58. The maximum Gasteiger partial charge on any atom is 0.351 e. The highest BCUT2D eigenvalue weighted by atomic mass is 19.3. The largest absolute Gasteiger partial charge is 0.384 e. The Labute approximate surface area is 213 Å². The summed E-state index contributed by atoms with van der Waals surface area (Å²) in [5, 5.41) is 10.1. The van der Waals surface area contributed by atoms with Gasteiger partial charge in [-0.2, -0.15) is 13.8 Å². The predicted octanol–water partition coefficient (Wildman–Crippen LogP) is 5.72. The Morgan fingerprint density at radius 1 is 1.08 bits per heavy atom. The summed E-state index contributed by atoms with van der Waals surface area (Å²) in [7, 11) is 0. The van der Waals surface area contributed by atoms with Crippen LogP contribution in [0.3, 0.4) is 0 Å². The van der Waals surface area contributed by atoms with Gasteiger partial charge in [0.15, 0.2) is 0 Å². The number of ketones is 1. The van der Waals surface area contributed by atoms with Crippen LogP contribution < -0.4 is 11.4 Å². The lowest BCUT2D eigenvalue weighted by atomic mass is 10.0. The molecule has 1 aromatic heterocycles. The third-order valence-electron chi connectivity index (χ3n) is 6.63. The number of aliphatic hydroxyl groups is 1. The number of allylic oxidation sites excluding steroid dienone is 2. The van der Waals surface area contributed by atoms with Crippen LogP contribution >= 0.6 is 0 Å². The molecular formula is C27H43F2N3O4. The van der Waals surface area contributed by atoms with Gasteiger partial charge in [0, 0.05) is 19.0 Å². The van der Waals surface area contributed by atoms with Crippen LogP contribution in [0.2, 0.25) is 0 Å². The van der Waals surface area contributed by atoms with Crippen LogP contribution in [0, 0.1) is 0 Å². The van der Waals surface area contributed by atoms with Gasteiger partial charge in [-0.15, -0.1) is 0 Å². The molecule has 0 aromatic carbocycles. The van der Waals surface area contributed by atoms with Crippen molar-refractivity contribution >= 4 is 11.6 Å². The second-order valence-corrected chi connectivity index (χ2v) is 9.77. The molecule has 2 heterocycles. The van der Waals surface area contributed by atoms with E-state index in [9.17, 15) is 23.5 Å². The average Bonchev–Trinajstić information content (AvgIpc) is 3.05. The van der Waals surface area contributed by atoms with Crippen molar-refractivity contribution in [3.8, 4) is 0 Å². The molecule has 1 saturated heterocycles. The van der Waals surface area contributed by atoms with E-state index in [4.69, 9.17) is 10.5 Å². The van der Waals surface area contributed by atoms with Crippen molar-refractivity contribution in [2.24, 2.45) is 0 Å². The number of carbonyl (C=O) groups is 1. The number of aliphatic hydroxyl groups excluding tert-OH is 1. The number of nitrogens with zero attached hydrogens (tertiary/aromatic N) is 2. The summed E-state index contributed by atoms with van der Waals surface area (Å²) >= 11 is 0. The fourth-order valence-electron chi connectivity index (χ4n) is 4.46. The van der Waals surface area contributed by atoms with Gasteiger partial charge >= 0.3 is 11.6 Å². The molecule has 9 heteroatoms. The van der Waals surface area contributed by atoms with Gasteiger partial charge in [-0.05, 0) is 38.2 Å². The van der Waals surface area contributed by atoms with Gasteiger partial charge in [0.05, 0.1) is 6.10 Å². The van der Waals surface area contributed by atoms with Gasteiger partial charge in [-0.1, -0.05) is 70.4 Å². The number of alkyl halides is 2. The number of nitrogen functional groups attached to an aromatic ring is 1. The van der Waals surface area contributed by atoms with Crippen LogP contribution in [0.1, 0.15) is 109 Å². The van der Waals surface area contributed by atoms with E-state index in [0.717, 1.165) is 44.7 Å². The van der Waals surface area contributed by atoms with Gasteiger partial charge in [-0.25, -0.2) is 4.79 Å². The molecule has 0 spiro atoms. The van der Waals surface area contributed by atoms with E-state index in [1.54, 1.807) is 0 Å².